The minimum Gasteiger partial charge on any atom is -0.396 e. The third kappa shape index (κ3) is 4.33. The molecule has 2 amide bonds. The first kappa shape index (κ1) is 14.4. The highest BCUT2D eigenvalue weighted by molar-refractivity contribution is 5.74. The number of urea groups is 1. The molecular formula is C13H19FN2O2. The lowest BCUT2D eigenvalue weighted by atomic mass is 10.1. The van der Waals surface area contributed by atoms with Crippen LogP contribution in [0.15, 0.2) is 18.2 Å². The van der Waals surface area contributed by atoms with E-state index in [4.69, 9.17) is 5.11 Å². The minimum atomic E-state index is -0.322. The highest BCUT2D eigenvalue weighted by Crippen LogP contribution is 2.15. The predicted octanol–water partition coefficient (Wildman–Crippen LogP) is 1.88. The smallest absolute Gasteiger partial charge is 0.315 e. The third-order valence-electron chi connectivity index (χ3n) is 2.66. The summed E-state index contributed by atoms with van der Waals surface area (Å²) < 4.78 is 13.4. The number of aliphatic hydroxyl groups excluding tert-OH is 1. The molecule has 5 heteroatoms. The molecule has 0 aliphatic heterocycles. The van der Waals surface area contributed by atoms with E-state index in [0.29, 0.717) is 18.5 Å². The van der Waals surface area contributed by atoms with Crippen LogP contribution in [0.4, 0.5) is 9.18 Å². The lowest BCUT2D eigenvalue weighted by molar-refractivity contribution is 0.235. The SMILES string of the molecule is Cc1ccc(C(C)NC(=O)NCCCO)cc1F. The molecule has 18 heavy (non-hydrogen) atoms. The zero-order valence-corrected chi connectivity index (χ0v) is 10.7. The van der Waals surface area contributed by atoms with Crippen LogP contribution >= 0.6 is 0 Å². The Morgan fingerprint density at radius 3 is 2.83 bits per heavy atom. The van der Waals surface area contributed by atoms with E-state index in [-0.39, 0.29) is 24.5 Å². The zero-order chi connectivity index (χ0) is 13.5. The van der Waals surface area contributed by atoms with Gasteiger partial charge in [-0.2, -0.15) is 0 Å². The van der Waals surface area contributed by atoms with Crippen molar-refractivity contribution in [3.05, 3.63) is 35.1 Å². The van der Waals surface area contributed by atoms with E-state index in [0.717, 1.165) is 5.56 Å². The molecule has 0 saturated carbocycles. The van der Waals surface area contributed by atoms with Crippen molar-refractivity contribution in [3.8, 4) is 0 Å². The van der Waals surface area contributed by atoms with Crippen molar-refractivity contribution in [2.24, 2.45) is 0 Å². The number of halogens is 1. The van der Waals surface area contributed by atoms with Crippen molar-refractivity contribution < 1.29 is 14.3 Å². The van der Waals surface area contributed by atoms with Gasteiger partial charge in [0.05, 0.1) is 6.04 Å². The number of aliphatic hydroxyl groups is 1. The first-order valence-electron chi connectivity index (χ1n) is 5.96. The van der Waals surface area contributed by atoms with Gasteiger partial charge in [0.2, 0.25) is 0 Å². The number of aryl methyl sites for hydroxylation is 1. The largest absolute Gasteiger partial charge is 0.396 e. The lowest BCUT2D eigenvalue weighted by Gasteiger charge is -2.15. The summed E-state index contributed by atoms with van der Waals surface area (Å²) in [5.74, 6) is -0.276. The Morgan fingerprint density at radius 2 is 2.22 bits per heavy atom. The molecule has 1 atom stereocenters. The number of nitrogens with one attached hydrogen (secondary N) is 2. The molecule has 0 spiro atoms. The van der Waals surface area contributed by atoms with Gasteiger partial charge < -0.3 is 15.7 Å². The van der Waals surface area contributed by atoms with Gasteiger partial charge in [0.15, 0.2) is 0 Å². The summed E-state index contributed by atoms with van der Waals surface area (Å²) in [6.07, 6.45) is 0.515. The van der Waals surface area contributed by atoms with Gasteiger partial charge in [-0.3, -0.25) is 0 Å². The Labute approximate surface area is 106 Å². The van der Waals surface area contributed by atoms with Crippen molar-refractivity contribution in [2.45, 2.75) is 26.3 Å². The van der Waals surface area contributed by atoms with Crippen molar-refractivity contribution in [1.82, 2.24) is 10.6 Å². The summed E-state index contributed by atoms with van der Waals surface area (Å²) in [7, 11) is 0. The maximum Gasteiger partial charge on any atom is 0.315 e. The second-order valence-corrected chi connectivity index (χ2v) is 4.21. The van der Waals surface area contributed by atoms with Crippen molar-refractivity contribution in [2.75, 3.05) is 13.2 Å². The molecule has 1 aromatic rings. The summed E-state index contributed by atoms with van der Waals surface area (Å²) in [4.78, 5) is 11.5. The van der Waals surface area contributed by atoms with Gasteiger partial charge in [-0.1, -0.05) is 12.1 Å². The predicted molar refractivity (Wildman–Crippen MR) is 67.8 cm³/mol. The summed E-state index contributed by atoms with van der Waals surface area (Å²) in [5, 5.41) is 13.9. The fourth-order valence-corrected chi connectivity index (χ4v) is 1.49. The number of amides is 2. The van der Waals surface area contributed by atoms with Gasteiger partial charge in [-0.15, -0.1) is 0 Å². The normalized spacial score (nSPS) is 12.0. The van der Waals surface area contributed by atoms with Crippen LogP contribution in [0.2, 0.25) is 0 Å². The number of carbonyl (C=O) groups is 1. The third-order valence-corrected chi connectivity index (χ3v) is 2.66. The van der Waals surface area contributed by atoms with E-state index in [1.54, 1.807) is 26.0 Å². The average Bonchev–Trinajstić information content (AvgIpc) is 2.33. The van der Waals surface area contributed by atoms with E-state index < -0.39 is 0 Å². The van der Waals surface area contributed by atoms with Gasteiger partial charge in [0, 0.05) is 13.2 Å². The highest BCUT2D eigenvalue weighted by atomic mass is 19.1. The molecule has 1 unspecified atom stereocenters. The number of benzene rings is 1. The van der Waals surface area contributed by atoms with Crippen LogP contribution in [-0.4, -0.2) is 24.3 Å². The standard InChI is InChI=1S/C13H19FN2O2/c1-9-4-5-11(8-12(9)14)10(2)16-13(18)15-6-3-7-17/h4-5,8,10,17H,3,6-7H2,1-2H3,(H2,15,16,18). The minimum absolute atomic E-state index is 0.0407. The topological polar surface area (TPSA) is 61.4 Å². The van der Waals surface area contributed by atoms with Crippen LogP contribution < -0.4 is 10.6 Å². The Morgan fingerprint density at radius 1 is 1.50 bits per heavy atom. The van der Waals surface area contributed by atoms with Crippen LogP contribution in [0.1, 0.15) is 30.5 Å². The summed E-state index contributed by atoms with van der Waals surface area (Å²) >= 11 is 0. The molecule has 100 valence electrons. The maximum atomic E-state index is 13.4. The molecule has 4 nitrogen and oxygen atoms in total. The van der Waals surface area contributed by atoms with E-state index in [2.05, 4.69) is 10.6 Å². The van der Waals surface area contributed by atoms with E-state index in [1.807, 2.05) is 0 Å². The fraction of sp³-hybridized carbons (Fsp3) is 0.462. The van der Waals surface area contributed by atoms with Crippen LogP contribution in [0, 0.1) is 12.7 Å². The van der Waals surface area contributed by atoms with Crippen LogP contribution in [0.5, 0.6) is 0 Å². The maximum absolute atomic E-state index is 13.4. The molecule has 0 fully saturated rings. The molecule has 0 aliphatic carbocycles. The van der Waals surface area contributed by atoms with Gasteiger partial charge >= 0.3 is 6.03 Å². The van der Waals surface area contributed by atoms with E-state index >= 15 is 0 Å². The highest BCUT2D eigenvalue weighted by Gasteiger charge is 2.10. The van der Waals surface area contributed by atoms with Crippen LogP contribution in [-0.2, 0) is 0 Å². The molecule has 1 aromatic carbocycles. The second-order valence-electron chi connectivity index (χ2n) is 4.21. The Kier molecular flexibility index (Phi) is 5.58. The quantitative estimate of drug-likeness (QED) is 0.702. The molecule has 0 bridgehead atoms. The second kappa shape index (κ2) is 6.96. The summed E-state index contributed by atoms with van der Waals surface area (Å²) in [5.41, 5.74) is 1.30. The Hall–Kier alpha value is -1.62. The summed E-state index contributed by atoms with van der Waals surface area (Å²) in [6, 6.07) is 4.31. The van der Waals surface area contributed by atoms with E-state index in [9.17, 15) is 9.18 Å². The molecule has 0 saturated heterocycles. The van der Waals surface area contributed by atoms with Crippen LogP contribution in [0.3, 0.4) is 0 Å². The van der Waals surface area contributed by atoms with Gasteiger partial charge in [0.25, 0.3) is 0 Å². The molecule has 1 rings (SSSR count). The lowest BCUT2D eigenvalue weighted by Crippen LogP contribution is -2.37. The molecule has 0 aliphatic rings. The number of carbonyl (C=O) groups excluding carboxylic acids is 1. The Bertz CT molecular complexity index is 410. The monoisotopic (exact) mass is 254 g/mol. The molecule has 0 aromatic heterocycles. The van der Waals surface area contributed by atoms with Crippen LogP contribution in [0.25, 0.3) is 0 Å². The number of hydrogen-bond acceptors (Lipinski definition) is 2. The zero-order valence-electron chi connectivity index (χ0n) is 10.7. The number of rotatable bonds is 5. The molecule has 3 N–H and O–H groups in total. The molecular weight excluding hydrogens is 235 g/mol. The van der Waals surface area contributed by atoms with Crippen molar-refractivity contribution >= 4 is 6.03 Å². The van der Waals surface area contributed by atoms with E-state index in [1.165, 1.54) is 6.07 Å². The fourth-order valence-electron chi connectivity index (χ4n) is 1.49. The number of hydrogen-bond donors (Lipinski definition) is 3. The van der Waals surface area contributed by atoms with Crippen molar-refractivity contribution in [3.63, 3.8) is 0 Å². The van der Waals surface area contributed by atoms with Crippen molar-refractivity contribution in [1.29, 1.82) is 0 Å². The molecule has 0 heterocycles. The summed E-state index contributed by atoms with van der Waals surface area (Å²) in [6.45, 7) is 3.94. The van der Waals surface area contributed by atoms with Gasteiger partial charge in [-0.05, 0) is 37.5 Å². The van der Waals surface area contributed by atoms with Gasteiger partial charge in [0.1, 0.15) is 5.82 Å². The Balaban J connectivity index is 2.51. The molecule has 0 radical (unpaired) electrons. The first-order valence-corrected chi connectivity index (χ1v) is 5.96. The average molecular weight is 254 g/mol. The van der Waals surface area contributed by atoms with Gasteiger partial charge in [-0.25, -0.2) is 9.18 Å². The first-order chi connectivity index (χ1) is 8.54.